The van der Waals surface area contributed by atoms with Crippen LogP contribution in [0.3, 0.4) is 0 Å². The zero-order valence-corrected chi connectivity index (χ0v) is 21.6. The number of morpholine rings is 1. The summed E-state index contributed by atoms with van der Waals surface area (Å²) in [5, 5.41) is 2.42. The Bertz CT molecular complexity index is 1200. The highest BCUT2D eigenvalue weighted by atomic mass is 32.2. The van der Waals surface area contributed by atoms with Crippen LogP contribution in [0.4, 0.5) is 10.5 Å². The summed E-state index contributed by atoms with van der Waals surface area (Å²) in [7, 11) is 0. The Morgan fingerprint density at radius 2 is 1.78 bits per heavy atom. The van der Waals surface area contributed by atoms with E-state index < -0.39 is 11.1 Å². The largest absolute Gasteiger partial charge is 0.484 e. The highest BCUT2D eigenvalue weighted by Gasteiger charge is 2.37. The first-order valence-electron chi connectivity index (χ1n) is 12.0. The third-order valence-electron chi connectivity index (χ3n) is 5.94. The standard InChI is InChI=1S/C27H29N3O6S/c1-18(2)21-5-3-4-6-22(21)28-24(31)17-36-20-9-7-19(8-10-20)15-23-26(33)30(27(34)37-23)16-25(32)29-11-13-35-14-12-29/h3-10,15,18H,11-14,16-17H2,1-2H3,(H,28,31)/b23-15+. The van der Waals surface area contributed by atoms with Crippen LogP contribution in [-0.4, -0.2) is 72.2 Å². The van der Waals surface area contributed by atoms with Crippen molar-refractivity contribution in [1.29, 1.82) is 0 Å². The van der Waals surface area contributed by atoms with Crippen molar-refractivity contribution in [3.8, 4) is 5.75 Å². The molecule has 0 aliphatic carbocycles. The maximum absolute atomic E-state index is 12.8. The molecule has 2 aliphatic rings. The fraction of sp³-hybridized carbons (Fsp3) is 0.333. The maximum atomic E-state index is 12.8. The van der Waals surface area contributed by atoms with Crippen LogP contribution in [0.1, 0.15) is 30.9 Å². The number of benzene rings is 2. The van der Waals surface area contributed by atoms with Crippen molar-refractivity contribution in [2.75, 3.05) is 44.8 Å². The maximum Gasteiger partial charge on any atom is 0.294 e. The topological polar surface area (TPSA) is 105 Å². The fourth-order valence-corrected chi connectivity index (χ4v) is 4.78. The van der Waals surface area contributed by atoms with Gasteiger partial charge < -0.3 is 19.7 Å². The second-order valence-corrected chi connectivity index (χ2v) is 9.90. The number of nitrogens with one attached hydrogen (secondary N) is 1. The molecule has 0 spiro atoms. The Morgan fingerprint density at radius 1 is 1.08 bits per heavy atom. The second kappa shape index (κ2) is 12.1. The van der Waals surface area contributed by atoms with E-state index in [0.717, 1.165) is 27.9 Å². The van der Waals surface area contributed by atoms with Crippen LogP contribution in [0.25, 0.3) is 6.08 Å². The number of hydrogen-bond acceptors (Lipinski definition) is 7. The normalized spacial score (nSPS) is 17.0. The van der Waals surface area contributed by atoms with E-state index in [1.54, 1.807) is 35.2 Å². The lowest BCUT2D eigenvalue weighted by Gasteiger charge is -2.28. The number of para-hydroxylation sites is 1. The average molecular weight is 524 g/mol. The number of imide groups is 1. The Balaban J connectivity index is 1.31. The van der Waals surface area contributed by atoms with Gasteiger partial charge in [0.1, 0.15) is 12.3 Å². The van der Waals surface area contributed by atoms with E-state index in [-0.39, 0.29) is 35.8 Å². The Hall–Kier alpha value is -3.63. The van der Waals surface area contributed by atoms with Crippen molar-refractivity contribution >= 4 is 46.5 Å². The van der Waals surface area contributed by atoms with Crippen molar-refractivity contribution in [2.45, 2.75) is 19.8 Å². The van der Waals surface area contributed by atoms with Crippen LogP contribution in [0.5, 0.6) is 5.75 Å². The molecule has 0 atom stereocenters. The predicted molar refractivity (Wildman–Crippen MR) is 141 cm³/mol. The third-order valence-corrected chi connectivity index (χ3v) is 6.84. The number of thioether (sulfide) groups is 1. The summed E-state index contributed by atoms with van der Waals surface area (Å²) < 4.78 is 10.8. The first kappa shape index (κ1) is 26.4. The molecule has 37 heavy (non-hydrogen) atoms. The molecule has 0 bridgehead atoms. The first-order valence-corrected chi connectivity index (χ1v) is 12.9. The Morgan fingerprint density at radius 3 is 2.49 bits per heavy atom. The van der Waals surface area contributed by atoms with Crippen molar-refractivity contribution in [1.82, 2.24) is 9.80 Å². The molecule has 0 unspecified atom stereocenters. The molecular formula is C27H29N3O6S. The van der Waals surface area contributed by atoms with E-state index in [4.69, 9.17) is 9.47 Å². The average Bonchev–Trinajstić information content (AvgIpc) is 3.16. The molecule has 9 nitrogen and oxygen atoms in total. The van der Waals surface area contributed by atoms with Crippen LogP contribution >= 0.6 is 11.8 Å². The molecule has 2 aromatic rings. The van der Waals surface area contributed by atoms with E-state index in [1.165, 1.54) is 0 Å². The summed E-state index contributed by atoms with van der Waals surface area (Å²) in [6.45, 7) is 5.50. The number of carbonyl (C=O) groups is 4. The molecule has 2 fully saturated rings. The molecule has 0 aromatic heterocycles. The lowest BCUT2D eigenvalue weighted by Crippen LogP contribution is -2.46. The van der Waals surface area contributed by atoms with Crippen molar-refractivity contribution in [3.05, 3.63) is 64.6 Å². The van der Waals surface area contributed by atoms with Crippen molar-refractivity contribution in [3.63, 3.8) is 0 Å². The Labute approximate surface area is 219 Å². The zero-order valence-electron chi connectivity index (χ0n) is 20.8. The number of carbonyl (C=O) groups excluding carboxylic acids is 4. The van der Waals surface area contributed by atoms with Gasteiger partial charge in [-0.2, -0.15) is 0 Å². The highest BCUT2D eigenvalue weighted by Crippen LogP contribution is 2.32. The molecule has 2 aliphatic heterocycles. The minimum Gasteiger partial charge on any atom is -0.484 e. The van der Waals surface area contributed by atoms with Crippen LogP contribution in [-0.2, 0) is 19.1 Å². The van der Waals surface area contributed by atoms with E-state index in [0.29, 0.717) is 37.6 Å². The van der Waals surface area contributed by atoms with Crippen LogP contribution in [0, 0.1) is 0 Å². The molecule has 0 saturated carbocycles. The summed E-state index contributed by atoms with van der Waals surface area (Å²) in [5.41, 5.74) is 2.50. The molecule has 194 valence electrons. The van der Waals surface area contributed by atoms with Gasteiger partial charge in [-0.3, -0.25) is 24.1 Å². The first-order chi connectivity index (χ1) is 17.8. The molecule has 2 saturated heterocycles. The zero-order chi connectivity index (χ0) is 26.4. The van der Waals surface area contributed by atoms with Gasteiger partial charge in [0.2, 0.25) is 5.91 Å². The summed E-state index contributed by atoms with van der Waals surface area (Å²) in [4.78, 5) is 52.8. The minimum absolute atomic E-state index is 0.151. The van der Waals surface area contributed by atoms with Gasteiger partial charge in [0, 0.05) is 18.8 Å². The molecule has 2 heterocycles. The Kier molecular flexibility index (Phi) is 8.62. The SMILES string of the molecule is CC(C)c1ccccc1NC(=O)COc1ccc(/C=C2/SC(=O)N(CC(=O)N3CCOCC3)C2=O)cc1. The molecule has 2 aromatic carbocycles. The quantitative estimate of drug-likeness (QED) is 0.526. The van der Waals surface area contributed by atoms with Gasteiger partial charge in [-0.25, -0.2) is 0 Å². The number of ether oxygens (including phenoxy) is 2. The number of anilines is 1. The van der Waals surface area contributed by atoms with E-state index in [9.17, 15) is 19.2 Å². The molecule has 10 heteroatoms. The number of hydrogen-bond donors (Lipinski definition) is 1. The lowest BCUT2D eigenvalue weighted by molar-refractivity contribution is -0.139. The number of nitrogens with zero attached hydrogens (tertiary/aromatic N) is 2. The van der Waals surface area contributed by atoms with Gasteiger partial charge >= 0.3 is 0 Å². The van der Waals surface area contributed by atoms with Gasteiger partial charge in [-0.1, -0.05) is 44.2 Å². The van der Waals surface area contributed by atoms with Crippen LogP contribution in [0.2, 0.25) is 0 Å². The van der Waals surface area contributed by atoms with Gasteiger partial charge in [-0.15, -0.1) is 0 Å². The van der Waals surface area contributed by atoms with E-state index in [2.05, 4.69) is 19.2 Å². The number of amides is 4. The molecule has 0 radical (unpaired) electrons. The van der Waals surface area contributed by atoms with Crippen LogP contribution in [0.15, 0.2) is 53.4 Å². The third kappa shape index (κ3) is 6.78. The van der Waals surface area contributed by atoms with Gasteiger partial charge in [0.05, 0.1) is 18.1 Å². The van der Waals surface area contributed by atoms with E-state index in [1.807, 2.05) is 24.3 Å². The lowest BCUT2D eigenvalue weighted by atomic mass is 10.0. The summed E-state index contributed by atoms with van der Waals surface area (Å²) >= 11 is 0.806. The molecular weight excluding hydrogens is 494 g/mol. The fourth-order valence-electron chi connectivity index (χ4n) is 3.95. The highest BCUT2D eigenvalue weighted by molar-refractivity contribution is 8.18. The predicted octanol–water partition coefficient (Wildman–Crippen LogP) is 3.72. The summed E-state index contributed by atoms with van der Waals surface area (Å²) in [5.74, 6) is -0.261. The van der Waals surface area contributed by atoms with E-state index >= 15 is 0 Å². The number of rotatable bonds is 8. The van der Waals surface area contributed by atoms with Crippen molar-refractivity contribution in [2.24, 2.45) is 0 Å². The molecule has 4 rings (SSSR count). The van der Waals surface area contributed by atoms with Gasteiger partial charge in [-0.05, 0) is 53.1 Å². The molecule has 4 amide bonds. The van der Waals surface area contributed by atoms with Crippen molar-refractivity contribution < 1.29 is 28.7 Å². The second-order valence-electron chi connectivity index (χ2n) is 8.91. The smallest absolute Gasteiger partial charge is 0.294 e. The van der Waals surface area contributed by atoms with Gasteiger partial charge in [0.15, 0.2) is 6.61 Å². The summed E-state index contributed by atoms with van der Waals surface area (Å²) in [6, 6.07) is 14.5. The minimum atomic E-state index is -0.490. The monoisotopic (exact) mass is 523 g/mol. The summed E-state index contributed by atoms with van der Waals surface area (Å²) in [6.07, 6.45) is 1.60. The van der Waals surface area contributed by atoms with Gasteiger partial charge in [0.25, 0.3) is 17.1 Å². The van der Waals surface area contributed by atoms with Crippen LogP contribution < -0.4 is 10.1 Å². The molecule has 1 N–H and O–H groups in total.